The van der Waals surface area contributed by atoms with Crippen LogP contribution in [0.3, 0.4) is 0 Å². The van der Waals surface area contributed by atoms with Crippen molar-refractivity contribution in [2.75, 3.05) is 26.2 Å². The molecule has 2 rings (SSSR count). The zero-order chi connectivity index (χ0) is 13.1. The standard InChI is InChI=1S/C12H15N3O3/c1-9(16)14-5-7-15(8-6-14)12(18)11-10(17)3-2-4-13-11/h2-4,17H,5-8H2,1H3. The molecule has 0 aromatic carbocycles. The summed E-state index contributed by atoms with van der Waals surface area (Å²) in [7, 11) is 0. The van der Waals surface area contributed by atoms with Crippen LogP contribution in [0.5, 0.6) is 5.75 Å². The lowest BCUT2D eigenvalue weighted by Gasteiger charge is -2.34. The maximum absolute atomic E-state index is 12.1. The second kappa shape index (κ2) is 5.03. The second-order valence-corrected chi connectivity index (χ2v) is 4.17. The summed E-state index contributed by atoms with van der Waals surface area (Å²) in [6, 6.07) is 3.01. The van der Waals surface area contributed by atoms with E-state index in [2.05, 4.69) is 4.98 Å². The first-order valence-corrected chi connectivity index (χ1v) is 5.78. The number of pyridine rings is 1. The Bertz CT molecular complexity index is 467. The lowest BCUT2D eigenvalue weighted by atomic mass is 10.2. The first kappa shape index (κ1) is 12.3. The molecule has 1 saturated heterocycles. The van der Waals surface area contributed by atoms with Crippen molar-refractivity contribution in [2.45, 2.75) is 6.92 Å². The molecule has 1 aliphatic heterocycles. The predicted octanol–water partition coefficient (Wildman–Crippen LogP) is 0.0915. The number of carbonyl (C=O) groups excluding carboxylic acids is 2. The van der Waals surface area contributed by atoms with Gasteiger partial charge in [0.1, 0.15) is 5.75 Å². The molecule has 6 nitrogen and oxygen atoms in total. The van der Waals surface area contributed by atoms with Crippen molar-refractivity contribution in [2.24, 2.45) is 0 Å². The van der Waals surface area contributed by atoms with Crippen molar-refractivity contribution in [3.05, 3.63) is 24.0 Å². The summed E-state index contributed by atoms with van der Waals surface area (Å²) >= 11 is 0. The van der Waals surface area contributed by atoms with E-state index in [-0.39, 0.29) is 23.3 Å². The Balaban J connectivity index is 2.04. The number of carbonyl (C=O) groups is 2. The number of rotatable bonds is 1. The van der Waals surface area contributed by atoms with Crippen molar-refractivity contribution in [3.63, 3.8) is 0 Å². The van der Waals surface area contributed by atoms with Gasteiger partial charge in [0.2, 0.25) is 5.91 Å². The van der Waals surface area contributed by atoms with Gasteiger partial charge in [-0.2, -0.15) is 0 Å². The molecule has 0 bridgehead atoms. The van der Waals surface area contributed by atoms with Gasteiger partial charge >= 0.3 is 0 Å². The van der Waals surface area contributed by atoms with Crippen molar-refractivity contribution in [1.82, 2.24) is 14.8 Å². The zero-order valence-electron chi connectivity index (χ0n) is 10.2. The highest BCUT2D eigenvalue weighted by molar-refractivity contribution is 5.94. The summed E-state index contributed by atoms with van der Waals surface area (Å²) in [4.78, 5) is 30.4. The normalized spacial score (nSPS) is 15.6. The average Bonchev–Trinajstić information content (AvgIpc) is 2.38. The number of nitrogens with zero attached hydrogens (tertiary/aromatic N) is 3. The van der Waals surface area contributed by atoms with Crippen LogP contribution < -0.4 is 0 Å². The molecule has 6 heteroatoms. The van der Waals surface area contributed by atoms with E-state index in [0.717, 1.165) is 0 Å². The van der Waals surface area contributed by atoms with E-state index < -0.39 is 0 Å². The van der Waals surface area contributed by atoms with Gasteiger partial charge in [-0.25, -0.2) is 4.98 Å². The van der Waals surface area contributed by atoms with Gasteiger partial charge in [-0.15, -0.1) is 0 Å². The van der Waals surface area contributed by atoms with E-state index in [9.17, 15) is 14.7 Å². The highest BCUT2D eigenvalue weighted by Gasteiger charge is 2.25. The first-order chi connectivity index (χ1) is 8.59. The third-order valence-electron chi connectivity index (χ3n) is 3.00. The summed E-state index contributed by atoms with van der Waals surface area (Å²) in [5.41, 5.74) is 0.0637. The quantitative estimate of drug-likeness (QED) is 0.765. The highest BCUT2D eigenvalue weighted by Crippen LogP contribution is 2.16. The third kappa shape index (κ3) is 2.42. The molecule has 0 aliphatic carbocycles. The minimum absolute atomic E-state index is 0.0165. The van der Waals surface area contributed by atoms with E-state index in [1.807, 2.05) is 0 Å². The molecule has 2 amide bonds. The highest BCUT2D eigenvalue weighted by atomic mass is 16.3. The van der Waals surface area contributed by atoms with Gasteiger partial charge in [0, 0.05) is 39.3 Å². The molecule has 96 valence electrons. The molecular weight excluding hydrogens is 234 g/mol. The molecular formula is C12H15N3O3. The average molecular weight is 249 g/mol. The van der Waals surface area contributed by atoms with Crippen molar-refractivity contribution < 1.29 is 14.7 Å². The molecule has 1 aromatic rings. The molecule has 0 atom stereocenters. The molecule has 0 spiro atoms. The Morgan fingerprint density at radius 2 is 1.83 bits per heavy atom. The minimum Gasteiger partial charge on any atom is -0.505 e. The maximum Gasteiger partial charge on any atom is 0.276 e. The predicted molar refractivity (Wildman–Crippen MR) is 64.1 cm³/mol. The van der Waals surface area contributed by atoms with E-state index in [4.69, 9.17) is 0 Å². The van der Waals surface area contributed by atoms with E-state index >= 15 is 0 Å². The fraction of sp³-hybridized carbons (Fsp3) is 0.417. The molecule has 1 fully saturated rings. The Kier molecular flexibility index (Phi) is 3.45. The zero-order valence-corrected chi connectivity index (χ0v) is 10.2. The molecule has 0 radical (unpaired) electrons. The minimum atomic E-state index is -0.295. The number of hydrogen-bond donors (Lipinski definition) is 1. The lowest BCUT2D eigenvalue weighted by Crippen LogP contribution is -2.50. The van der Waals surface area contributed by atoms with Crippen LogP contribution in [0.15, 0.2) is 18.3 Å². The number of hydrogen-bond acceptors (Lipinski definition) is 4. The van der Waals surface area contributed by atoms with Gasteiger partial charge in [-0.05, 0) is 12.1 Å². The van der Waals surface area contributed by atoms with Gasteiger partial charge in [-0.1, -0.05) is 0 Å². The molecule has 1 aliphatic rings. The number of amides is 2. The number of piperazine rings is 1. The van der Waals surface area contributed by atoms with Crippen molar-refractivity contribution >= 4 is 11.8 Å². The van der Waals surface area contributed by atoms with E-state index in [0.29, 0.717) is 26.2 Å². The Labute approximate surface area is 105 Å². The maximum atomic E-state index is 12.1. The summed E-state index contributed by atoms with van der Waals surface area (Å²) in [5.74, 6) is -0.393. The van der Waals surface area contributed by atoms with Gasteiger partial charge in [-0.3, -0.25) is 9.59 Å². The van der Waals surface area contributed by atoms with Crippen LogP contribution in [-0.4, -0.2) is 57.9 Å². The molecule has 2 heterocycles. The Hall–Kier alpha value is -2.11. The third-order valence-corrected chi connectivity index (χ3v) is 3.00. The largest absolute Gasteiger partial charge is 0.505 e. The van der Waals surface area contributed by atoms with E-state index in [1.54, 1.807) is 15.9 Å². The molecule has 1 aromatic heterocycles. The van der Waals surface area contributed by atoms with Crippen LogP contribution in [0.25, 0.3) is 0 Å². The van der Waals surface area contributed by atoms with Crippen LogP contribution >= 0.6 is 0 Å². The fourth-order valence-corrected chi connectivity index (χ4v) is 1.94. The summed E-state index contributed by atoms with van der Waals surface area (Å²) in [5, 5.41) is 9.58. The van der Waals surface area contributed by atoms with Crippen LogP contribution in [-0.2, 0) is 4.79 Å². The van der Waals surface area contributed by atoms with Gasteiger partial charge in [0.15, 0.2) is 5.69 Å². The van der Waals surface area contributed by atoms with Crippen LogP contribution in [0.1, 0.15) is 17.4 Å². The smallest absolute Gasteiger partial charge is 0.276 e. The van der Waals surface area contributed by atoms with Crippen molar-refractivity contribution in [3.8, 4) is 5.75 Å². The van der Waals surface area contributed by atoms with Gasteiger partial charge in [0.25, 0.3) is 5.91 Å². The Morgan fingerprint density at radius 1 is 1.22 bits per heavy atom. The molecule has 0 unspecified atom stereocenters. The number of aromatic hydroxyl groups is 1. The molecule has 1 N–H and O–H groups in total. The van der Waals surface area contributed by atoms with Crippen LogP contribution in [0.4, 0.5) is 0 Å². The second-order valence-electron chi connectivity index (χ2n) is 4.17. The molecule has 0 saturated carbocycles. The summed E-state index contributed by atoms with van der Waals surface area (Å²) < 4.78 is 0. The SMILES string of the molecule is CC(=O)N1CCN(C(=O)c2ncccc2O)CC1. The topological polar surface area (TPSA) is 73.7 Å². The fourth-order valence-electron chi connectivity index (χ4n) is 1.94. The summed E-state index contributed by atoms with van der Waals surface area (Å²) in [6.45, 7) is 3.49. The van der Waals surface area contributed by atoms with Crippen LogP contribution in [0.2, 0.25) is 0 Å². The summed E-state index contributed by atoms with van der Waals surface area (Å²) in [6.07, 6.45) is 1.47. The monoisotopic (exact) mass is 249 g/mol. The molecule has 18 heavy (non-hydrogen) atoms. The van der Waals surface area contributed by atoms with E-state index in [1.165, 1.54) is 19.2 Å². The lowest BCUT2D eigenvalue weighted by molar-refractivity contribution is -0.130. The number of aromatic nitrogens is 1. The Morgan fingerprint density at radius 3 is 2.39 bits per heavy atom. The van der Waals surface area contributed by atoms with Gasteiger partial charge in [0.05, 0.1) is 0 Å². The first-order valence-electron chi connectivity index (χ1n) is 5.78. The van der Waals surface area contributed by atoms with Gasteiger partial charge < -0.3 is 14.9 Å². The van der Waals surface area contributed by atoms with Crippen molar-refractivity contribution in [1.29, 1.82) is 0 Å². The van der Waals surface area contributed by atoms with Crippen LogP contribution in [0, 0.1) is 0 Å².